The molecule has 0 spiro atoms. The molecule has 0 fully saturated rings. The molecule has 0 aliphatic rings. The average molecular weight is 294 g/mol. The Balaban J connectivity index is 1.98. The molecular weight excluding hydrogens is 278 g/mol. The second-order valence-corrected chi connectivity index (χ2v) is 4.97. The van der Waals surface area contributed by atoms with Gasteiger partial charge >= 0.3 is 0 Å². The van der Waals surface area contributed by atoms with E-state index < -0.39 is 0 Å². The highest BCUT2D eigenvalue weighted by Gasteiger charge is 2.08. The van der Waals surface area contributed by atoms with Crippen LogP contribution in [-0.4, -0.2) is 9.97 Å². The van der Waals surface area contributed by atoms with Crippen molar-refractivity contribution in [3.63, 3.8) is 0 Å². The molecule has 90 valence electrons. The molecule has 1 heterocycles. The van der Waals surface area contributed by atoms with E-state index in [1.54, 1.807) is 0 Å². The number of nitrogens with one attached hydrogen (secondary N) is 2. The molecule has 1 aromatic carbocycles. The van der Waals surface area contributed by atoms with Crippen molar-refractivity contribution in [1.82, 2.24) is 15.3 Å². The number of H-pyrrole nitrogens is 1. The van der Waals surface area contributed by atoms with Crippen molar-refractivity contribution in [3.05, 3.63) is 52.0 Å². The number of nitrogens with zero attached hydrogens (tertiary/aromatic N) is 1. The Kier molecular flexibility index (Phi) is 3.97. The summed E-state index contributed by atoms with van der Waals surface area (Å²) in [6, 6.07) is 8.57. The second kappa shape index (κ2) is 5.47. The summed E-state index contributed by atoms with van der Waals surface area (Å²) in [7, 11) is 0. The summed E-state index contributed by atoms with van der Waals surface area (Å²) in [6.45, 7) is 4.91. The zero-order valence-corrected chi connectivity index (χ0v) is 11.6. The van der Waals surface area contributed by atoms with Gasteiger partial charge in [-0.05, 0) is 25.5 Å². The molecule has 0 unspecified atom stereocenters. The van der Waals surface area contributed by atoms with Gasteiger partial charge in [0.15, 0.2) is 0 Å². The van der Waals surface area contributed by atoms with Crippen molar-refractivity contribution < 1.29 is 0 Å². The first-order chi connectivity index (χ1) is 8.16. The number of aromatic nitrogens is 2. The third-order valence-corrected chi connectivity index (χ3v) is 3.45. The van der Waals surface area contributed by atoms with E-state index in [2.05, 4.69) is 56.3 Å². The van der Waals surface area contributed by atoms with Gasteiger partial charge in [0.2, 0.25) is 0 Å². The van der Waals surface area contributed by atoms with Crippen molar-refractivity contribution >= 4 is 15.9 Å². The van der Waals surface area contributed by atoms with Crippen LogP contribution in [0.2, 0.25) is 0 Å². The lowest BCUT2D eigenvalue weighted by Crippen LogP contribution is -2.18. The number of hydrogen-bond acceptors (Lipinski definition) is 2. The smallest absolute Gasteiger partial charge is 0.103 e. The number of aromatic amines is 1. The molecule has 0 aliphatic carbocycles. The number of imidazole rings is 1. The van der Waals surface area contributed by atoms with Gasteiger partial charge in [0, 0.05) is 29.0 Å². The fourth-order valence-electron chi connectivity index (χ4n) is 1.76. The summed E-state index contributed by atoms with van der Waals surface area (Å²) in [4.78, 5) is 7.39. The van der Waals surface area contributed by atoms with Gasteiger partial charge in [-0.1, -0.05) is 34.1 Å². The van der Waals surface area contributed by atoms with Crippen LogP contribution in [0.25, 0.3) is 0 Å². The molecule has 2 N–H and O–H groups in total. The first kappa shape index (κ1) is 12.3. The zero-order chi connectivity index (χ0) is 12.3. The maximum Gasteiger partial charge on any atom is 0.103 e. The highest BCUT2D eigenvalue weighted by atomic mass is 79.9. The van der Waals surface area contributed by atoms with Crippen LogP contribution in [0.4, 0.5) is 0 Å². The van der Waals surface area contributed by atoms with E-state index in [1.165, 1.54) is 5.56 Å². The Bertz CT molecular complexity index is 493. The maximum atomic E-state index is 4.18. The van der Waals surface area contributed by atoms with Crippen LogP contribution in [0, 0.1) is 6.92 Å². The van der Waals surface area contributed by atoms with Gasteiger partial charge in [0.1, 0.15) is 5.82 Å². The zero-order valence-electron chi connectivity index (χ0n) is 10.00. The van der Waals surface area contributed by atoms with Gasteiger partial charge in [0.05, 0.1) is 0 Å². The topological polar surface area (TPSA) is 40.7 Å². The molecule has 0 saturated heterocycles. The highest BCUT2D eigenvalue weighted by molar-refractivity contribution is 9.10. The van der Waals surface area contributed by atoms with Gasteiger partial charge < -0.3 is 10.3 Å². The summed E-state index contributed by atoms with van der Waals surface area (Å²) in [6.07, 6.45) is 1.87. The van der Waals surface area contributed by atoms with Gasteiger partial charge in [0.25, 0.3) is 0 Å². The minimum Gasteiger partial charge on any atom is -0.345 e. The molecule has 0 radical (unpaired) electrons. The van der Waals surface area contributed by atoms with Crippen LogP contribution in [0.3, 0.4) is 0 Å². The Morgan fingerprint density at radius 1 is 1.41 bits per heavy atom. The molecule has 4 heteroatoms. The van der Waals surface area contributed by atoms with Crippen molar-refractivity contribution in [2.45, 2.75) is 26.4 Å². The van der Waals surface area contributed by atoms with Crippen molar-refractivity contribution in [2.75, 3.05) is 0 Å². The fourth-order valence-corrected chi connectivity index (χ4v) is 2.39. The first-order valence-electron chi connectivity index (χ1n) is 5.65. The van der Waals surface area contributed by atoms with Crippen LogP contribution in [0.15, 0.2) is 34.9 Å². The second-order valence-electron chi connectivity index (χ2n) is 4.12. The monoisotopic (exact) mass is 293 g/mol. The van der Waals surface area contributed by atoms with E-state index in [0.717, 1.165) is 22.5 Å². The molecular formula is C13H16BrN3. The molecule has 1 atom stereocenters. The molecule has 0 bridgehead atoms. The fraction of sp³-hybridized carbons (Fsp3) is 0.308. The predicted molar refractivity (Wildman–Crippen MR) is 72.7 cm³/mol. The molecule has 1 aromatic heterocycles. The minimum absolute atomic E-state index is 0.300. The van der Waals surface area contributed by atoms with Crippen LogP contribution in [0.5, 0.6) is 0 Å². The quantitative estimate of drug-likeness (QED) is 0.908. The maximum absolute atomic E-state index is 4.18. The SMILES string of the molecule is Cc1ncc(CN[C@@H](C)c2ccccc2Br)[nH]1. The normalized spacial score (nSPS) is 12.6. The largest absolute Gasteiger partial charge is 0.345 e. The molecule has 0 saturated carbocycles. The van der Waals surface area contributed by atoms with Crippen LogP contribution in [0.1, 0.15) is 30.0 Å². The highest BCUT2D eigenvalue weighted by Crippen LogP contribution is 2.22. The summed E-state index contributed by atoms with van der Waals surface area (Å²) in [5.41, 5.74) is 2.38. The number of aryl methyl sites for hydroxylation is 1. The average Bonchev–Trinajstić information content (AvgIpc) is 2.73. The minimum atomic E-state index is 0.300. The summed E-state index contributed by atoms with van der Waals surface area (Å²) in [5, 5.41) is 3.47. The van der Waals surface area contributed by atoms with Crippen molar-refractivity contribution in [2.24, 2.45) is 0 Å². The standard InChI is InChI=1S/C13H16BrN3/c1-9(12-5-3-4-6-13(12)14)15-7-11-8-16-10(2)17-11/h3-6,8-9,15H,7H2,1-2H3,(H,16,17)/t9-/m0/s1. The Labute approximate surface area is 110 Å². The molecule has 2 rings (SSSR count). The number of benzene rings is 1. The lowest BCUT2D eigenvalue weighted by molar-refractivity contribution is 0.567. The third kappa shape index (κ3) is 3.17. The Morgan fingerprint density at radius 3 is 2.82 bits per heavy atom. The molecule has 3 nitrogen and oxygen atoms in total. The van der Waals surface area contributed by atoms with Crippen LogP contribution in [-0.2, 0) is 6.54 Å². The molecule has 0 aliphatic heterocycles. The summed E-state index contributed by atoms with van der Waals surface area (Å²) >= 11 is 3.57. The van der Waals surface area contributed by atoms with E-state index in [-0.39, 0.29) is 0 Å². The molecule has 17 heavy (non-hydrogen) atoms. The molecule has 2 aromatic rings. The van der Waals surface area contributed by atoms with Gasteiger partial charge in [-0.2, -0.15) is 0 Å². The van der Waals surface area contributed by atoms with E-state index in [4.69, 9.17) is 0 Å². The predicted octanol–water partition coefficient (Wildman–Crippen LogP) is 3.33. The lowest BCUT2D eigenvalue weighted by Gasteiger charge is -2.15. The number of hydrogen-bond donors (Lipinski definition) is 2. The van der Waals surface area contributed by atoms with Gasteiger partial charge in [-0.25, -0.2) is 4.98 Å². The van der Waals surface area contributed by atoms with E-state index >= 15 is 0 Å². The van der Waals surface area contributed by atoms with Crippen LogP contribution < -0.4 is 5.32 Å². The van der Waals surface area contributed by atoms with Crippen LogP contribution >= 0.6 is 15.9 Å². The molecule has 0 amide bonds. The summed E-state index contributed by atoms with van der Waals surface area (Å²) in [5.74, 6) is 0.954. The van der Waals surface area contributed by atoms with Gasteiger partial charge in [-0.3, -0.25) is 0 Å². The summed E-state index contributed by atoms with van der Waals surface area (Å²) < 4.78 is 1.14. The lowest BCUT2D eigenvalue weighted by atomic mass is 10.1. The Hall–Kier alpha value is -1.13. The number of rotatable bonds is 4. The number of halogens is 1. The van der Waals surface area contributed by atoms with Crippen molar-refractivity contribution in [3.8, 4) is 0 Å². The van der Waals surface area contributed by atoms with Crippen molar-refractivity contribution in [1.29, 1.82) is 0 Å². The van der Waals surface area contributed by atoms with E-state index in [9.17, 15) is 0 Å². The first-order valence-corrected chi connectivity index (χ1v) is 6.44. The van der Waals surface area contributed by atoms with E-state index in [0.29, 0.717) is 6.04 Å². The van der Waals surface area contributed by atoms with Gasteiger partial charge in [-0.15, -0.1) is 0 Å². The Morgan fingerprint density at radius 2 is 2.18 bits per heavy atom. The van der Waals surface area contributed by atoms with E-state index in [1.807, 2.05) is 19.2 Å². The third-order valence-electron chi connectivity index (χ3n) is 2.73.